The average Bonchev–Trinajstić information content (AvgIpc) is 2.97. The zero-order valence-electron chi connectivity index (χ0n) is 14.4. The standard InChI is InChI=1S/C18H22F2N2O4/c1-10(23)21-14-6-11-8-22(9-12(11)7-15(14)24)17(25)13-4-2-3-5-16(13)26-18(19)20/h2-5,11-12,14-15,18,24H,6-9H2,1H3,(H,21,23)/t11-,12+,14-,15-/m1/s1. The summed E-state index contributed by atoms with van der Waals surface area (Å²) in [6.07, 6.45) is 0.434. The Hall–Kier alpha value is -2.22. The predicted molar refractivity (Wildman–Crippen MR) is 88.8 cm³/mol. The first-order chi connectivity index (χ1) is 12.3. The maximum Gasteiger partial charge on any atom is 0.387 e. The van der Waals surface area contributed by atoms with E-state index in [1.165, 1.54) is 25.1 Å². The summed E-state index contributed by atoms with van der Waals surface area (Å²) in [5.41, 5.74) is 0.102. The van der Waals surface area contributed by atoms with Crippen LogP contribution in [0, 0.1) is 11.8 Å². The molecule has 142 valence electrons. The lowest BCUT2D eigenvalue weighted by Gasteiger charge is -2.35. The van der Waals surface area contributed by atoms with Gasteiger partial charge in [-0.3, -0.25) is 9.59 Å². The molecule has 0 radical (unpaired) electrons. The molecule has 2 fully saturated rings. The molecule has 1 saturated heterocycles. The normalized spacial score (nSPS) is 28.0. The highest BCUT2D eigenvalue weighted by Gasteiger charge is 2.43. The van der Waals surface area contributed by atoms with Crippen molar-refractivity contribution in [3.8, 4) is 5.75 Å². The molecule has 8 heteroatoms. The number of aliphatic hydroxyl groups excluding tert-OH is 1. The van der Waals surface area contributed by atoms with Gasteiger partial charge in [0.15, 0.2) is 0 Å². The highest BCUT2D eigenvalue weighted by Crippen LogP contribution is 2.37. The lowest BCUT2D eigenvalue weighted by atomic mass is 9.77. The first-order valence-corrected chi connectivity index (χ1v) is 8.63. The van der Waals surface area contributed by atoms with Gasteiger partial charge in [0.25, 0.3) is 5.91 Å². The Morgan fingerprint density at radius 3 is 2.54 bits per heavy atom. The van der Waals surface area contributed by atoms with E-state index in [1.807, 2.05) is 0 Å². The Morgan fingerprint density at radius 1 is 1.23 bits per heavy atom. The molecule has 1 aliphatic heterocycles. The van der Waals surface area contributed by atoms with Crippen LogP contribution in [0.5, 0.6) is 5.75 Å². The van der Waals surface area contributed by atoms with Gasteiger partial charge in [-0.1, -0.05) is 12.1 Å². The van der Waals surface area contributed by atoms with Crippen LogP contribution in [0.25, 0.3) is 0 Å². The minimum Gasteiger partial charge on any atom is -0.434 e. The number of aliphatic hydroxyl groups is 1. The number of halogens is 2. The Balaban J connectivity index is 1.71. The summed E-state index contributed by atoms with van der Waals surface area (Å²) in [7, 11) is 0. The van der Waals surface area contributed by atoms with Crippen molar-refractivity contribution in [2.45, 2.75) is 38.5 Å². The van der Waals surface area contributed by atoms with E-state index < -0.39 is 12.7 Å². The van der Waals surface area contributed by atoms with Crippen LogP contribution in [0.4, 0.5) is 8.78 Å². The topological polar surface area (TPSA) is 78.9 Å². The van der Waals surface area contributed by atoms with Crippen molar-refractivity contribution in [2.24, 2.45) is 11.8 Å². The zero-order chi connectivity index (χ0) is 18.8. The number of carbonyl (C=O) groups is 2. The molecule has 2 aliphatic rings. The van der Waals surface area contributed by atoms with Gasteiger partial charge >= 0.3 is 6.61 Å². The molecule has 0 spiro atoms. The summed E-state index contributed by atoms with van der Waals surface area (Å²) >= 11 is 0. The maximum atomic E-state index is 12.8. The summed E-state index contributed by atoms with van der Waals surface area (Å²) in [4.78, 5) is 25.7. The molecule has 0 bridgehead atoms. The summed E-state index contributed by atoms with van der Waals surface area (Å²) in [5, 5.41) is 13.0. The van der Waals surface area contributed by atoms with E-state index in [1.54, 1.807) is 11.0 Å². The van der Waals surface area contributed by atoms with E-state index in [9.17, 15) is 23.5 Å². The van der Waals surface area contributed by atoms with Crippen LogP contribution in [0.1, 0.15) is 30.1 Å². The summed E-state index contributed by atoms with van der Waals surface area (Å²) in [6, 6.07) is 5.63. The number of nitrogens with one attached hydrogen (secondary N) is 1. The van der Waals surface area contributed by atoms with E-state index in [-0.39, 0.29) is 41.0 Å². The smallest absolute Gasteiger partial charge is 0.387 e. The van der Waals surface area contributed by atoms with Crippen molar-refractivity contribution in [2.75, 3.05) is 13.1 Å². The molecule has 1 saturated carbocycles. The molecule has 6 nitrogen and oxygen atoms in total. The van der Waals surface area contributed by atoms with Gasteiger partial charge in [0.05, 0.1) is 17.7 Å². The monoisotopic (exact) mass is 368 g/mol. The van der Waals surface area contributed by atoms with Crippen molar-refractivity contribution in [3.05, 3.63) is 29.8 Å². The number of nitrogens with zero attached hydrogens (tertiary/aromatic N) is 1. The fraction of sp³-hybridized carbons (Fsp3) is 0.556. The molecule has 2 N–H and O–H groups in total. The summed E-state index contributed by atoms with van der Waals surface area (Å²) in [5.74, 6) is -0.416. The minimum absolute atomic E-state index is 0.102. The molecule has 1 aromatic rings. The number of alkyl halides is 2. The number of hydrogen-bond acceptors (Lipinski definition) is 4. The number of amides is 2. The third-order valence-electron chi connectivity index (χ3n) is 5.15. The van der Waals surface area contributed by atoms with Gasteiger partial charge < -0.3 is 20.1 Å². The highest BCUT2D eigenvalue weighted by molar-refractivity contribution is 5.97. The van der Waals surface area contributed by atoms with Crippen molar-refractivity contribution in [1.82, 2.24) is 10.2 Å². The largest absolute Gasteiger partial charge is 0.434 e. The van der Waals surface area contributed by atoms with E-state index >= 15 is 0 Å². The quantitative estimate of drug-likeness (QED) is 0.847. The van der Waals surface area contributed by atoms with E-state index in [4.69, 9.17) is 0 Å². The minimum atomic E-state index is -3.00. The fourth-order valence-corrected chi connectivity index (χ4v) is 4.02. The number of rotatable bonds is 4. The van der Waals surface area contributed by atoms with Gasteiger partial charge in [0.2, 0.25) is 5.91 Å². The van der Waals surface area contributed by atoms with Crippen LogP contribution < -0.4 is 10.1 Å². The third-order valence-corrected chi connectivity index (χ3v) is 5.15. The first kappa shape index (κ1) is 18.6. The van der Waals surface area contributed by atoms with Gasteiger partial charge in [-0.05, 0) is 36.8 Å². The van der Waals surface area contributed by atoms with Crippen molar-refractivity contribution < 1.29 is 28.2 Å². The second kappa shape index (κ2) is 7.57. The molecule has 1 aromatic carbocycles. The van der Waals surface area contributed by atoms with Crippen LogP contribution in [-0.2, 0) is 4.79 Å². The Morgan fingerprint density at radius 2 is 1.88 bits per heavy atom. The van der Waals surface area contributed by atoms with Gasteiger partial charge in [-0.15, -0.1) is 0 Å². The number of carbonyl (C=O) groups excluding carboxylic acids is 2. The fourth-order valence-electron chi connectivity index (χ4n) is 4.02. The molecule has 2 amide bonds. The second-order valence-corrected chi connectivity index (χ2v) is 6.95. The third kappa shape index (κ3) is 3.95. The van der Waals surface area contributed by atoms with E-state index in [0.717, 1.165) is 0 Å². The van der Waals surface area contributed by atoms with Crippen LogP contribution in [0.3, 0.4) is 0 Å². The van der Waals surface area contributed by atoms with E-state index in [2.05, 4.69) is 10.1 Å². The average molecular weight is 368 g/mol. The first-order valence-electron chi connectivity index (χ1n) is 8.63. The molecule has 0 aromatic heterocycles. The van der Waals surface area contributed by atoms with Crippen LogP contribution in [0.15, 0.2) is 24.3 Å². The molecule has 0 unspecified atom stereocenters. The Bertz CT molecular complexity index is 685. The summed E-state index contributed by atoms with van der Waals surface area (Å²) < 4.78 is 29.6. The maximum absolute atomic E-state index is 12.8. The SMILES string of the molecule is CC(=O)N[C@@H]1C[C@@H]2CN(C(=O)c3ccccc3OC(F)F)C[C@@H]2C[C@H]1O. The van der Waals surface area contributed by atoms with Crippen molar-refractivity contribution >= 4 is 11.8 Å². The predicted octanol–water partition coefficient (Wildman–Crippen LogP) is 1.64. The zero-order valence-corrected chi connectivity index (χ0v) is 14.4. The van der Waals surface area contributed by atoms with Crippen LogP contribution in [0.2, 0.25) is 0 Å². The molecule has 3 rings (SSSR count). The molecular formula is C18H22F2N2O4. The number of likely N-dealkylation sites (tertiary alicyclic amines) is 1. The molecule has 1 heterocycles. The molecule has 1 aliphatic carbocycles. The molecular weight excluding hydrogens is 346 g/mol. The number of benzene rings is 1. The van der Waals surface area contributed by atoms with Crippen molar-refractivity contribution in [3.63, 3.8) is 0 Å². The summed E-state index contributed by atoms with van der Waals surface area (Å²) in [6.45, 7) is -0.673. The molecule has 26 heavy (non-hydrogen) atoms. The number of ether oxygens (including phenoxy) is 1. The van der Waals surface area contributed by atoms with E-state index in [0.29, 0.717) is 25.9 Å². The van der Waals surface area contributed by atoms with Gasteiger partial charge in [0.1, 0.15) is 5.75 Å². The molecule has 4 atom stereocenters. The van der Waals surface area contributed by atoms with Crippen molar-refractivity contribution in [1.29, 1.82) is 0 Å². The second-order valence-electron chi connectivity index (χ2n) is 6.95. The van der Waals surface area contributed by atoms with Crippen LogP contribution >= 0.6 is 0 Å². The van der Waals surface area contributed by atoms with Crippen LogP contribution in [-0.4, -0.2) is 53.7 Å². The lowest BCUT2D eigenvalue weighted by molar-refractivity contribution is -0.121. The van der Waals surface area contributed by atoms with Gasteiger partial charge in [-0.25, -0.2) is 0 Å². The van der Waals surface area contributed by atoms with Gasteiger partial charge in [0, 0.05) is 20.0 Å². The Kier molecular flexibility index (Phi) is 5.41. The Labute approximate surface area is 150 Å². The number of para-hydroxylation sites is 1. The number of hydrogen-bond donors (Lipinski definition) is 2. The number of fused-ring (bicyclic) bond motifs is 1. The lowest BCUT2D eigenvalue weighted by Crippen LogP contribution is -2.48. The van der Waals surface area contributed by atoms with Gasteiger partial charge in [-0.2, -0.15) is 8.78 Å². The highest BCUT2D eigenvalue weighted by atomic mass is 19.3.